The number of hydrogen-bond acceptors (Lipinski definition) is 6. The number of carbonyl (C=O) groups excluding carboxylic acids is 1. The van der Waals surface area contributed by atoms with Crippen LogP contribution in [0.3, 0.4) is 0 Å². The third kappa shape index (κ3) is 3.68. The highest BCUT2D eigenvalue weighted by atomic mass is 32.1. The molecule has 1 aliphatic rings. The van der Waals surface area contributed by atoms with Gasteiger partial charge in [-0.3, -0.25) is 9.20 Å². The molecule has 0 saturated carbocycles. The third-order valence-corrected chi connectivity index (χ3v) is 6.75. The number of fused-ring (bicyclic) bond motifs is 1. The van der Waals surface area contributed by atoms with Crippen molar-refractivity contribution in [2.24, 2.45) is 0 Å². The van der Waals surface area contributed by atoms with E-state index in [-0.39, 0.29) is 18.2 Å². The standard InChI is InChI=1S/C22H27BN2O4S/c1-6-27-17(26)14-16(23-28-21(2,3)22(4,5)29-23)19-18(15-10-8-7-9-11-15)24-20-25(19)12-13-30-20/h7-13,16H,6,14H2,1-5H3. The number of ether oxygens (including phenoxy) is 1. The van der Waals surface area contributed by atoms with E-state index in [4.69, 9.17) is 19.0 Å². The molecule has 3 aromatic rings. The first-order valence-electron chi connectivity index (χ1n) is 10.3. The minimum absolute atomic E-state index is 0.147. The minimum atomic E-state index is -0.596. The summed E-state index contributed by atoms with van der Waals surface area (Å²) in [5.74, 6) is -0.647. The van der Waals surface area contributed by atoms with Gasteiger partial charge in [0, 0.05) is 23.0 Å². The highest BCUT2D eigenvalue weighted by molar-refractivity contribution is 7.15. The number of esters is 1. The lowest BCUT2D eigenvalue weighted by Crippen LogP contribution is -2.41. The second kappa shape index (κ2) is 7.83. The number of thiazole rings is 1. The van der Waals surface area contributed by atoms with Gasteiger partial charge >= 0.3 is 13.1 Å². The number of nitrogens with zero attached hydrogens (tertiary/aromatic N) is 2. The van der Waals surface area contributed by atoms with Crippen molar-refractivity contribution in [1.82, 2.24) is 9.38 Å². The summed E-state index contributed by atoms with van der Waals surface area (Å²) in [6.07, 6.45) is 2.13. The van der Waals surface area contributed by atoms with Crippen molar-refractivity contribution in [3.05, 3.63) is 47.6 Å². The van der Waals surface area contributed by atoms with E-state index >= 15 is 0 Å². The highest BCUT2D eigenvalue weighted by Gasteiger charge is 2.55. The van der Waals surface area contributed by atoms with E-state index in [1.807, 2.05) is 80.9 Å². The van der Waals surface area contributed by atoms with Crippen LogP contribution in [0.15, 0.2) is 41.9 Å². The maximum Gasteiger partial charge on any atom is 0.468 e. The molecule has 1 aliphatic heterocycles. The average molecular weight is 426 g/mol. The van der Waals surface area contributed by atoms with Crippen molar-refractivity contribution in [1.29, 1.82) is 0 Å². The fraction of sp³-hybridized carbons (Fsp3) is 0.455. The predicted octanol–water partition coefficient (Wildman–Crippen LogP) is 4.73. The summed E-state index contributed by atoms with van der Waals surface area (Å²) in [7, 11) is -0.596. The molecule has 1 atom stereocenters. The Morgan fingerprint density at radius 3 is 2.50 bits per heavy atom. The van der Waals surface area contributed by atoms with Crippen molar-refractivity contribution in [2.45, 2.75) is 58.1 Å². The van der Waals surface area contributed by atoms with Gasteiger partial charge in [-0.05, 0) is 34.6 Å². The molecule has 158 valence electrons. The van der Waals surface area contributed by atoms with Crippen molar-refractivity contribution in [2.75, 3.05) is 6.61 Å². The Balaban J connectivity index is 1.84. The Hall–Kier alpha value is -2.16. The van der Waals surface area contributed by atoms with E-state index < -0.39 is 18.3 Å². The number of carbonyl (C=O) groups is 1. The fourth-order valence-corrected chi connectivity index (χ4v) is 4.46. The van der Waals surface area contributed by atoms with Crippen LogP contribution in [-0.4, -0.2) is 40.3 Å². The van der Waals surface area contributed by atoms with Gasteiger partial charge in [0.2, 0.25) is 0 Å². The van der Waals surface area contributed by atoms with Crippen LogP contribution in [0, 0.1) is 0 Å². The van der Waals surface area contributed by atoms with E-state index in [1.165, 1.54) is 0 Å². The lowest BCUT2D eigenvalue weighted by Gasteiger charge is -2.32. The van der Waals surface area contributed by atoms with Gasteiger partial charge < -0.3 is 14.0 Å². The number of imidazole rings is 1. The molecular weight excluding hydrogens is 399 g/mol. The Bertz CT molecular complexity index is 1030. The van der Waals surface area contributed by atoms with E-state index in [2.05, 4.69) is 0 Å². The SMILES string of the molecule is CCOC(=O)CC(B1OC(C)(C)C(C)(C)O1)c1c(-c2ccccc2)nc2sccn12. The molecule has 0 N–H and O–H groups in total. The first kappa shape index (κ1) is 21.1. The molecule has 6 nitrogen and oxygen atoms in total. The van der Waals surface area contributed by atoms with Gasteiger partial charge in [0.25, 0.3) is 0 Å². The highest BCUT2D eigenvalue weighted by Crippen LogP contribution is 2.44. The molecule has 1 saturated heterocycles. The Kier molecular flexibility index (Phi) is 5.51. The quantitative estimate of drug-likeness (QED) is 0.421. The van der Waals surface area contributed by atoms with Gasteiger partial charge in [-0.15, -0.1) is 11.3 Å². The lowest BCUT2D eigenvalue weighted by molar-refractivity contribution is -0.143. The molecule has 1 unspecified atom stereocenters. The van der Waals surface area contributed by atoms with Crippen LogP contribution >= 0.6 is 11.3 Å². The van der Waals surface area contributed by atoms with E-state index in [0.717, 1.165) is 21.9 Å². The zero-order chi connectivity index (χ0) is 21.5. The summed E-state index contributed by atoms with van der Waals surface area (Å²) >= 11 is 1.56. The molecule has 30 heavy (non-hydrogen) atoms. The molecule has 4 rings (SSSR count). The topological polar surface area (TPSA) is 62.1 Å². The molecule has 1 aromatic carbocycles. The Labute approximate surface area is 181 Å². The average Bonchev–Trinajstić information content (AvgIpc) is 3.32. The maximum absolute atomic E-state index is 12.6. The number of benzene rings is 1. The zero-order valence-electron chi connectivity index (χ0n) is 18.0. The summed E-state index contributed by atoms with van der Waals surface area (Å²) in [5, 5.41) is 1.99. The summed E-state index contributed by atoms with van der Waals surface area (Å²) in [6, 6.07) is 10.0. The fourth-order valence-electron chi connectivity index (χ4n) is 3.74. The lowest BCUT2D eigenvalue weighted by atomic mass is 9.67. The van der Waals surface area contributed by atoms with Crippen molar-refractivity contribution < 1.29 is 18.8 Å². The van der Waals surface area contributed by atoms with Crippen LogP contribution in [0.5, 0.6) is 0 Å². The van der Waals surface area contributed by atoms with E-state index in [9.17, 15) is 4.79 Å². The molecule has 2 aromatic heterocycles. The summed E-state index contributed by atoms with van der Waals surface area (Å²) in [4.78, 5) is 18.3. The second-order valence-corrected chi connectivity index (χ2v) is 9.38. The van der Waals surface area contributed by atoms with E-state index in [1.54, 1.807) is 11.3 Å². The van der Waals surface area contributed by atoms with Crippen molar-refractivity contribution in [3.63, 3.8) is 0 Å². The Morgan fingerprint density at radius 2 is 1.87 bits per heavy atom. The first-order chi connectivity index (χ1) is 14.2. The molecule has 1 fully saturated rings. The summed E-state index contributed by atoms with van der Waals surface area (Å²) < 4.78 is 20.1. The van der Waals surface area contributed by atoms with Crippen LogP contribution in [-0.2, 0) is 18.8 Å². The monoisotopic (exact) mass is 426 g/mol. The molecule has 8 heteroatoms. The van der Waals surface area contributed by atoms with Gasteiger partial charge in [-0.25, -0.2) is 4.98 Å². The molecule has 0 radical (unpaired) electrons. The maximum atomic E-state index is 12.6. The Morgan fingerprint density at radius 1 is 1.20 bits per heavy atom. The van der Waals surface area contributed by atoms with Gasteiger partial charge in [0.1, 0.15) is 0 Å². The molecular formula is C22H27BN2O4S. The largest absolute Gasteiger partial charge is 0.468 e. The number of rotatable bonds is 6. The van der Waals surface area contributed by atoms with Crippen LogP contribution in [0.2, 0.25) is 0 Å². The normalized spacial score (nSPS) is 18.6. The van der Waals surface area contributed by atoms with Gasteiger partial charge in [0.15, 0.2) is 4.96 Å². The molecule has 0 spiro atoms. The first-order valence-corrected chi connectivity index (χ1v) is 11.1. The molecule has 3 heterocycles. The van der Waals surface area contributed by atoms with E-state index in [0.29, 0.717) is 6.61 Å². The summed E-state index contributed by atoms with van der Waals surface area (Å²) in [5.41, 5.74) is 1.73. The van der Waals surface area contributed by atoms with Crippen molar-refractivity contribution in [3.8, 4) is 11.3 Å². The van der Waals surface area contributed by atoms with Crippen LogP contribution in [0.4, 0.5) is 0 Å². The number of hydrogen-bond donors (Lipinski definition) is 0. The predicted molar refractivity (Wildman–Crippen MR) is 119 cm³/mol. The molecule has 0 aliphatic carbocycles. The zero-order valence-corrected chi connectivity index (χ0v) is 18.9. The molecule has 0 bridgehead atoms. The van der Waals surface area contributed by atoms with Crippen molar-refractivity contribution >= 4 is 29.4 Å². The molecule has 0 amide bonds. The van der Waals surface area contributed by atoms with Gasteiger partial charge in [0.05, 0.1) is 35.6 Å². The van der Waals surface area contributed by atoms with Crippen LogP contribution in [0.25, 0.3) is 16.2 Å². The third-order valence-electron chi connectivity index (χ3n) is 5.99. The van der Waals surface area contributed by atoms with Crippen LogP contribution < -0.4 is 0 Å². The summed E-state index contributed by atoms with van der Waals surface area (Å²) in [6.45, 7) is 10.2. The smallest absolute Gasteiger partial charge is 0.466 e. The van der Waals surface area contributed by atoms with Gasteiger partial charge in [-0.2, -0.15) is 0 Å². The second-order valence-electron chi connectivity index (χ2n) is 8.51. The van der Waals surface area contributed by atoms with Crippen LogP contribution in [0.1, 0.15) is 52.6 Å². The van der Waals surface area contributed by atoms with Gasteiger partial charge in [-0.1, -0.05) is 30.3 Å². The number of aromatic nitrogens is 2. The minimum Gasteiger partial charge on any atom is -0.466 e.